The van der Waals surface area contributed by atoms with Gasteiger partial charge in [-0.1, -0.05) is 48.2 Å². The zero-order chi connectivity index (χ0) is 52.4. The number of methoxy groups -OCH3 is 2. The van der Waals surface area contributed by atoms with Gasteiger partial charge < -0.3 is 29.5 Å². The lowest BCUT2D eigenvalue weighted by molar-refractivity contribution is -0.164. The number of piperidine rings is 2. The standard InChI is InChI=1S/C48H40F12N2O8S/c1-69-33-13-5-3-11-27(33)31-21-35(41(47(55,56)57)39(45(49,50)51)29(31)15-17-37(63)61-19-7-9-25(23-61)43(65)66)71-36-22-32(28-12-4-6-14-34(28)70-2)30(40(46(52,53)54)42(36)48(58,59)60)16-18-38(64)62-20-8-10-26(24-62)44(67)68/h3-6,11-18,21-22,25-26H,7-10,19-20,23-24H2,1-2H3,(H,65,66)(H,67,68)/b17-15+,18-16+. The first-order valence-electron chi connectivity index (χ1n) is 21.2. The summed E-state index contributed by atoms with van der Waals surface area (Å²) >= 11 is -0.714. The van der Waals surface area contributed by atoms with Crippen LogP contribution in [0.4, 0.5) is 52.7 Å². The molecule has 2 fully saturated rings. The van der Waals surface area contributed by atoms with Crippen LogP contribution in [-0.4, -0.2) is 84.2 Å². The highest BCUT2D eigenvalue weighted by Crippen LogP contribution is 2.56. The van der Waals surface area contributed by atoms with Crippen LogP contribution in [0.25, 0.3) is 34.4 Å². The maximum atomic E-state index is 15.6. The van der Waals surface area contributed by atoms with Crippen molar-refractivity contribution in [3.8, 4) is 33.8 Å². The molecule has 4 aromatic carbocycles. The average Bonchev–Trinajstić information content (AvgIpc) is 3.30. The van der Waals surface area contributed by atoms with Gasteiger partial charge in [0.1, 0.15) is 11.5 Å². The first kappa shape index (κ1) is 53.7. The van der Waals surface area contributed by atoms with E-state index in [2.05, 4.69) is 0 Å². The monoisotopic (exact) mass is 1030 g/mol. The Labute approximate surface area is 400 Å². The largest absolute Gasteiger partial charge is 0.496 e. The van der Waals surface area contributed by atoms with Crippen molar-refractivity contribution in [1.29, 1.82) is 0 Å². The molecule has 10 nitrogen and oxygen atoms in total. The Kier molecular flexibility index (Phi) is 15.9. The number of likely N-dealkylation sites (tertiary alicyclic amines) is 2. The summed E-state index contributed by atoms with van der Waals surface area (Å²) in [6.07, 6.45) is -22.1. The molecule has 2 N–H and O–H groups in total. The van der Waals surface area contributed by atoms with Gasteiger partial charge in [0, 0.05) is 59.2 Å². The van der Waals surface area contributed by atoms with Crippen LogP contribution < -0.4 is 9.47 Å². The summed E-state index contributed by atoms with van der Waals surface area (Å²) in [4.78, 5) is 48.7. The SMILES string of the molecule is COc1ccccc1-c1cc(Sc2cc(-c3ccccc3OC)c(/C=C/C(=O)N3CCCC(C(=O)O)C3)c(C(F)(F)F)c2C(F)(F)F)c(C(F)(F)F)c(C(F)(F)F)c1/C=C/C(=O)N1CCCC(C(=O)O)C1. The molecule has 4 aromatic rings. The van der Waals surface area contributed by atoms with Crippen molar-refractivity contribution < 1.29 is 91.5 Å². The highest BCUT2D eigenvalue weighted by molar-refractivity contribution is 7.99. The van der Waals surface area contributed by atoms with Gasteiger partial charge in [-0.2, -0.15) is 52.7 Å². The molecule has 2 unspecified atom stereocenters. The van der Waals surface area contributed by atoms with Crippen LogP contribution in [-0.2, 0) is 43.9 Å². The molecule has 0 aromatic heterocycles. The fraction of sp³-hybridized carbons (Fsp3) is 0.333. The molecular formula is C48H40F12N2O8S. The van der Waals surface area contributed by atoms with Crippen LogP contribution >= 0.6 is 11.8 Å². The van der Waals surface area contributed by atoms with Crippen LogP contribution in [0, 0.1) is 11.8 Å². The molecule has 0 saturated carbocycles. The molecule has 2 saturated heterocycles. The smallest absolute Gasteiger partial charge is 0.418 e. The third kappa shape index (κ3) is 11.9. The number of para-hydroxylation sites is 2. The number of rotatable bonds is 12. The second kappa shape index (κ2) is 21.0. The molecule has 0 bridgehead atoms. The van der Waals surface area contributed by atoms with Gasteiger partial charge in [0.05, 0.1) is 48.3 Å². The third-order valence-corrected chi connectivity index (χ3v) is 12.8. The molecule has 2 aliphatic heterocycles. The average molecular weight is 1030 g/mol. The lowest BCUT2D eigenvalue weighted by Crippen LogP contribution is -2.41. The van der Waals surface area contributed by atoms with Crippen LogP contribution in [0.15, 0.2) is 82.6 Å². The lowest BCUT2D eigenvalue weighted by atomic mass is 9.90. The predicted octanol–water partition coefficient (Wildman–Crippen LogP) is 11.9. The number of aliphatic carboxylic acids is 2. The highest BCUT2D eigenvalue weighted by Gasteiger charge is 2.51. The van der Waals surface area contributed by atoms with Crippen molar-refractivity contribution in [2.24, 2.45) is 11.8 Å². The molecule has 6 rings (SSSR count). The number of hydrogen-bond donors (Lipinski definition) is 2. The summed E-state index contributed by atoms with van der Waals surface area (Å²) in [6.45, 7) is -0.947. The Balaban J connectivity index is 1.70. The fourth-order valence-electron chi connectivity index (χ4n) is 8.58. The molecule has 2 aliphatic rings. The molecule has 23 heteroatoms. The number of halogens is 12. The Morgan fingerprint density at radius 3 is 1.20 bits per heavy atom. The molecule has 0 spiro atoms. The summed E-state index contributed by atoms with van der Waals surface area (Å²) in [6, 6.07) is 10.4. The van der Waals surface area contributed by atoms with Gasteiger partial charge in [-0.05, 0) is 84.4 Å². The van der Waals surface area contributed by atoms with E-state index < -0.39 is 151 Å². The Morgan fingerprint density at radius 1 is 0.549 bits per heavy atom. The quantitative estimate of drug-likeness (QED) is 0.105. The summed E-state index contributed by atoms with van der Waals surface area (Å²) < 4.78 is 197. The van der Waals surface area contributed by atoms with Crippen molar-refractivity contribution >= 4 is 47.7 Å². The Bertz CT molecular complexity index is 2580. The van der Waals surface area contributed by atoms with E-state index in [0.29, 0.717) is 36.4 Å². The number of nitrogens with zero attached hydrogens (tertiary/aromatic N) is 2. The first-order chi connectivity index (χ1) is 33.2. The molecule has 2 amide bonds. The van der Waals surface area contributed by atoms with E-state index >= 15 is 52.7 Å². The number of carbonyl (C=O) groups excluding carboxylic acids is 2. The highest BCUT2D eigenvalue weighted by atomic mass is 32.2. The van der Waals surface area contributed by atoms with E-state index in [1.807, 2.05) is 0 Å². The van der Waals surface area contributed by atoms with Crippen molar-refractivity contribution in [3.63, 3.8) is 0 Å². The van der Waals surface area contributed by atoms with Gasteiger partial charge in [-0.25, -0.2) is 0 Å². The van der Waals surface area contributed by atoms with Crippen molar-refractivity contribution in [2.75, 3.05) is 40.4 Å². The number of alkyl halides is 12. The third-order valence-electron chi connectivity index (χ3n) is 11.8. The minimum absolute atomic E-state index is 0.0728. The second-order valence-electron chi connectivity index (χ2n) is 16.3. The zero-order valence-electron chi connectivity index (χ0n) is 37.1. The minimum atomic E-state index is -6.13. The number of carbonyl (C=O) groups is 4. The number of amides is 2. The van der Waals surface area contributed by atoms with Crippen LogP contribution in [0.3, 0.4) is 0 Å². The fourth-order valence-corrected chi connectivity index (χ4v) is 9.81. The van der Waals surface area contributed by atoms with Gasteiger partial charge in [0.2, 0.25) is 11.8 Å². The van der Waals surface area contributed by atoms with E-state index in [-0.39, 0.29) is 50.3 Å². The zero-order valence-corrected chi connectivity index (χ0v) is 37.9. The topological polar surface area (TPSA) is 134 Å². The molecule has 2 atom stereocenters. The van der Waals surface area contributed by atoms with E-state index in [1.54, 1.807) is 0 Å². The lowest BCUT2D eigenvalue weighted by Gasteiger charge is -2.30. The molecule has 0 radical (unpaired) electrons. The summed E-state index contributed by atoms with van der Waals surface area (Å²) in [5, 5.41) is 19.0. The minimum Gasteiger partial charge on any atom is -0.496 e. The van der Waals surface area contributed by atoms with Gasteiger partial charge in [0.15, 0.2) is 0 Å². The van der Waals surface area contributed by atoms with Gasteiger partial charge in [-0.15, -0.1) is 0 Å². The number of hydrogen-bond acceptors (Lipinski definition) is 7. The van der Waals surface area contributed by atoms with E-state index in [9.17, 15) is 29.4 Å². The maximum Gasteiger partial charge on any atom is 0.418 e. The predicted molar refractivity (Wildman–Crippen MR) is 233 cm³/mol. The molecular weight excluding hydrogens is 993 g/mol. The van der Waals surface area contributed by atoms with E-state index in [1.165, 1.54) is 36.4 Å². The Morgan fingerprint density at radius 2 is 0.887 bits per heavy atom. The van der Waals surface area contributed by atoms with Crippen LogP contribution in [0.5, 0.6) is 11.5 Å². The molecule has 2 heterocycles. The van der Waals surface area contributed by atoms with Crippen LogP contribution in [0.1, 0.15) is 59.1 Å². The first-order valence-corrected chi connectivity index (χ1v) is 22.0. The van der Waals surface area contributed by atoms with Gasteiger partial charge in [-0.3, -0.25) is 19.2 Å². The summed E-state index contributed by atoms with van der Waals surface area (Å²) in [5.74, 6) is -7.51. The Hall–Kier alpha value is -6.65. The maximum absolute atomic E-state index is 15.6. The van der Waals surface area contributed by atoms with Crippen molar-refractivity contribution in [1.82, 2.24) is 9.80 Å². The molecule has 0 aliphatic carbocycles. The second-order valence-corrected chi connectivity index (χ2v) is 17.3. The number of ether oxygens (including phenoxy) is 2. The normalized spacial score (nSPS) is 17.2. The molecule has 380 valence electrons. The summed E-state index contributed by atoms with van der Waals surface area (Å²) in [5.41, 5.74) is -15.5. The number of carboxylic acid groups (broad SMARTS) is 2. The summed E-state index contributed by atoms with van der Waals surface area (Å²) in [7, 11) is 2.07. The van der Waals surface area contributed by atoms with Crippen molar-refractivity contribution in [2.45, 2.75) is 60.2 Å². The van der Waals surface area contributed by atoms with E-state index in [4.69, 9.17) is 9.47 Å². The van der Waals surface area contributed by atoms with Gasteiger partial charge >= 0.3 is 36.6 Å². The van der Waals surface area contributed by atoms with E-state index in [0.717, 1.165) is 36.2 Å². The number of carboxylic acids is 2. The number of benzene rings is 4. The molecule has 71 heavy (non-hydrogen) atoms. The van der Waals surface area contributed by atoms with Crippen LogP contribution in [0.2, 0.25) is 0 Å². The van der Waals surface area contributed by atoms with Crippen molar-refractivity contribution in [3.05, 3.63) is 106 Å². The van der Waals surface area contributed by atoms with Gasteiger partial charge in [0.25, 0.3) is 0 Å².